The number of hydrogen-bond acceptors (Lipinski definition) is 3. The van der Waals surface area contributed by atoms with Gasteiger partial charge < -0.3 is 15.9 Å². The Balaban J connectivity index is 2.05. The van der Waals surface area contributed by atoms with Crippen molar-refractivity contribution in [2.75, 3.05) is 0 Å². The summed E-state index contributed by atoms with van der Waals surface area (Å²) >= 11 is 0. The van der Waals surface area contributed by atoms with Crippen molar-refractivity contribution >= 4 is 0 Å². The molecule has 1 saturated carbocycles. The first-order chi connectivity index (χ1) is 7.18. The SMILES string of the molecule is N[C@@H](c1ccc(O)cc1)[C@H](O)C1CCC1. The van der Waals surface area contributed by atoms with Crippen LogP contribution in [0.1, 0.15) is 30.9 Å². The molecule has 3 nitrogen and oxygen atoms in total. The Labute approximate surface area is 89.5 Å². The molecule has 0 aliphatic heterocycles. The van der Waals surface area contributed by atoms with Gasteiger partial charge in [-0.3, -0.25) is 0 Å². The molecule has 0 unspecified atom stereocenters. The highest BCUT2D eigenvalue weighted by Gasteiger charge is 2.30. The molecule has 0 bridgehead atoms. The van der Waals surface area contributed by atoms with Crippen LogP contribution in [0.25, 0.3) is 0 Å². The summed E-state index contributed by atoms with van der Waals surface area (Å²) in [4.78, 5) is 0. The lowest BCUT2D eigenvalue weighted by Gasteiger charge is -2.33. The number of benzene rings is 1. The first-order valence-electron chi connectivity index (χ1n) is 5.41. The summed E-state index contributed by atoms with van der Waals surface area (Å²) < 4.78 is 0. The van der Waals surface area contributed by atoms with Gasteiger partial charge in [0, 0.05) is 0 Å². The van der Waals surface area contributed by atoms with E-state index in [4.69, 9.17) is 10.8 Å². The molecule has 2 atom stereocenters. The first kappa shape index (κ1) is 10.5. The quantitative estimate of drug-likeness (QED) is 0.704. The van der Waals surface area contributed by atoms with E-state index in [0.29, 0.717) is 5.92 Å². The second kappa shape index (κ2) is 4.21. The van der Waals surface area contributed by atoms with Crippen LogP contribution in [-0.2, 0) is 0 Å². The fraction of sp³-hybridized carbons (Fsp3) is 0.500. The van der Waals surface area contributed by atoms with Gasteiger partial charge in [0.1, 0.15) is 5.75 Å². The van der Waals surface area contributed by atoms with E-state index in [1.165, 1.54) is 6.42 Å². The van der Waals surface area contributed by atoms with Gasteiger partial charge in [0.05, 0.1) is 12.1 Å². The zero-order valence-corrected chi connectivity index (χ0v) is 8.63. The standard InChI is InChI=1S/C12H17NO2/c13-11(12(15)9-2-1-3-9)8-4-6-10(14)7-5-8/h4-7,9,11-12,14-15H,1-3,13H2/t11-,12+/m0/s1. The van der Waals surface area contributed by atoms with Crippen LogP contribution in [0.5, 0.6) is 5.75 Å². The van der Waals surface area contributed by atoms with E-state index in [1.807, 2.05) is 0 Å². The van der Waals surface area contributed by atoms with Crippen LogP contribution in [0.4, 0.5) is 0 Å². The van der Waals surface area contributed by atoms with Gasteiger partial charge in [-0.1, -0.05) is 18.6 Å². The maximum absolute atomic E-state index is 9.97. The molecular weight excluding hydrogens is 190 g/mol. The van der Waals surface area contributed by atoms with Crippen LogP contribution < -0.4 is 5.73 Å². The van der Waals surface area contributed by atoms with Crippen molar-refractivity contribution in [2.45, 2.75) is 31.4 Å². The molecule has 1 aromatic carbocycles. The third-order valence-electron chi connectivity index (χ3n) is 3.28. The highest BCUT2D eigenvalue weighted by molar-refractivity contribution is 5.28. The lowest BCUT2D eigenvalue weighted by Crippen LogP contribution is -2.36. The van der Waals surface area contributed by atoms with Gasteiger partial charge in [0.2, 0.25) is 0 Å². The minimum absolute atomic E-state index is 0.226. The zero-order valence-electron chi connectivity index (χ0n) is 8.63. The Morgan fingerprint density at radius 3 is 2.27 bits per heavy atom. The lowest BCUT2D eigenvalue weighted by atomic mass is 9.77. The van der Waals surface area contributed by atoms with Crippen LogP contribution in [0.15, 0.2) is 24.3 Å². The third-order valence-corrected chi connectivity index (χ3v) is 3.28. The van der Waals surface area contributed by atoms with Crippen molar-refractivity contribution in [2.24, 2.45) is 11.7 Å². The van der Waals surface area contributed by atoms with Crippen molar-refractivity contribution in [3.8, 4) is 5.75 Å². The van der Waals surface area contributed by atoms with Crippen molar-refractivity contribution in [3.63, 3.8) is 0 Å². The molecule has 82 valence electrons. The largest absolute Gasteiger partial charge is 0.508 e. The molecule has 3 heteroatoms. The summed E-state index contributed by atoms with van der Waals surface area (Å²) in [5.41, 5.74) is 6.85. The second-order valence-corrected chi connectivity index (χ2v) is 4.30. The number of aliphatic hydroxyl groups is 1. The first-order valence-corrected chi connectivity index (χ1v) is 5.41. The minimum Gasteiger partial charge on any atom is -0.508 e. The van der Waals surface area contributed by atoms with E-state index in [9.17, 15) is 5.11 Å². The normalized spacial score (nSPS) is 20.7. The van der Waals surface area contributed by atoms with Crippen LogP contribution in [0.3, 0.4) is 0 Å². The van der Waals surface area contributed by atoms with E-state index in [-0.39, 0.29) is 11.8 Å². The number of phenolic OH excluding ortho intramolecular Hbond substituents is 1. The molecule has 15 heavy (non-hydrogen) atoms. The van der Waals surface area contributed by atoms with Crippen LogP contribution >= 0.6 is 0 Å². The molecule has 0 aromatic heterocycles. The fourth-order valence-electron chi connectivity index (χ4n) is 1.97. The summed E-state index contributed by atoms with van der Waals surface area (Å²) in [6, 6.07) is 6.39. The van der Waals surface area contributed by atoms with Gasteiger partial charge in [-0.05, 0) is 36.5 Å². The minimum atomic E-state index is -0.455. The Bertz CT molecular complexity index is 319. The van der Waals surface area contributed by atoms with Gasteiger partial charge in [-0.2, -0.15) is 0 Å². The summed E-state index contributed by atoms with van der Waals surface area (Å²) in [5, 5.41) is 19.1. The molecule has 1 aliphatic rings. The fourth-order valence-corrected chi connectivity index (χ4v) is 1.97. The van der Waals surface area contributed by atoms with E-state index in [2.05, 4.69) is 0 Å². The van der Waals surface area contributed by atoms with Crippen LogP contribution in [0, 0.1) is 5.92 Å². The van der Waals surface area contributed by atoms with Gasteiger partial charge in [0.15, 0.2) is 0 Å². The molecule has 2 rings (SSSR count). The van der Waals surface area contributed by atoms with Gasteiger partial charge in [0.25, 0.3) is 0 Å². The molecule has 0 amide bonds. The topological polar surface area (TPSA) is 66.5 Å². The summed E-state index contributed by atoms with van der Waals surface area (Å²) in [7, 11) is 0. The van der Waals surface area contributed by atoms with Crippen molar-refractivity contribution in [3.05, 3.63) is 29.8 Å². The summed E-state index contributed by atoms with van der Waals surface area (Å²) in [6.45, 7) is 0. The molecule has 1 aromatic rings. The Hall–Kier alpha value is -1.06. The predicted octanol–water partition coefficient (Wildman–Crippen LogP) is 1.55. The Morgan fingerprint density at radius 2 is 1.80 bits per heavy atom. The average Bonchev–Trinajstić information content (AvgIpc) is 2.15. The highest BCUT2D eigenvalue weighted by Crippen LogP contribution is 2.34. The number of aromatic hydroxyl groups is 1. The number of nitrogens with two attached hydrogens (primary N) is 1. The molecule has 1 aliphatic carbocycles. The van der Waals surface area contributed by atoms with Crippen molar-refractivity contribution in [1.29, 1.82) is 0 Å². The van der Waals surface area contributed by atoms with Crippen molar-refractivity contribution < 1.29 is 10.2 Å². The molecule has 0 radical (unpaired) electrons. The van der Waals surface area contributed by atoms with Gasteiger partial charge in [-0.25, -0.2) is 0 Å². The third kappa shape index (κ3) is 2.13. The van der Waals surface area contributed by atoms with E-state index in [1.54, 1.807) is 24.3 Å². The smallest absolute Gasteiger partial charge is 0.115 e. The highest BCUT2D eigenvalue weighted by atomic mass is 16.3. The summed E-state index contributed by atoms with van der Waals surface area (Å²) in [6.07, 6.45) is 2.90. The van der Waals surface area contributed by atoms with E-state index >= 15 is 0 Å². The zero-order chi connectivity index (χ0) is 10.8. The molecule has 0 saturated heterocycles. The van der Waals surface area contributed by atoms with Crippen molar-refractivity contribution in [1.82, 2.24) is 0 Å². The lowest BCUT2D eigenvalue weighted by molar-refractivity contribution is 0.0413. The monoisotopic (exact) mass is 207 g/mol. The maximum Gasteiger partial charge on any atom is 0.115 e. The second-order valence-electron chi connectivity index (χ2n) is 4.30. The van der Waals surface area contributed by atoms with E-state index < -0.39 is 6.10 Å². The maximum atomic E-state index is 9.97. The number of aliphatic hydroxyl groups excluding tert-OH is 1. The van der Waals surface area contributed by atoms with Gasteiger partial charge >= 0.3 is 0 Å². The number of rotatable bonds is 3. The molecule has 0 spiro atoms. The predicted molar refractivity (Wildman–Crippen MR) is 58.4 cm³/mol. The van der Waals surface area contributed by atoms with Gasteiger partial charge in [-0.15, -0.1) is 0 Å². The van der Waals surface area contributed by atoms with Crippen LogP contribution in [-0.4, -0.2) is 16.3 Å². The molecule has 0 heterocycles. The molecule has 4 N–H and O–H groups in total. The average molecular weight is 207 g/mol. The molecular formula is C12H17NO2. The summed E-state index contributed by atoms with van der Waals surface area (Å²) in [5.74, 6) is 0.581. The molecule has 1 fully saturated rings. The number of phenols is 1. The Morgan fingerprint density at radius 1 is 1.20 bits per heavy atom. The number of hydrogen-bond donors (Lipinski definition) is 3. The van der Waals surface area contributed by atoms with E-state index in [0.717, 1.165) is 18.4 Å². The van der Waals surface area contributed by atoms with Crippen LogP contribution in [0.2, 0.25) is 0 Å². The Kier molecular flexibility index (Phi) is 2.93.